The Kier molecular flexibility index (Phi) is 4.48. The van der Waals surface area contributed by atoms with Gasteiger partial charge in [-0.3, -0.25) is 14.6 Å². The molecule has 0 radical (unpaired) electrons. The summed E-state index contributed by atoms with van der Waals surface area (Å²) in [5, 5.41) is 7.06. The van der Waals surface area contributed by atoms with Gasteiger partial charge in [-0.25, -0.2) is 4.98 Å². The van der Waals surface area contributed by atoms with Crippen LogP contribution in [0.5, 0.6) is 0 Å². The van der Waals surface area contributed by atoms with Crippen LogP contribution in [0.1, 0.15) is 11.3 Å². The number of aromatic nitrogens is 4. The molecular formula is C16H17N5O4. The Balaban J connectivity index is 2.10. The summed E-state index contributed by atoms with van der Waals surface area (Å²) < 4.78 is 11.5. The van der Waals surface area contributed by atoms with Crippen molar-refractivity contribution in [2.75, 3.05) is 19.0 Å². The predicted octanol–water partition coefficient (Wildman–Crippen LogP) is 1.42. The zero-order chi connectivity index (χ0) is 18.0. The van der Waals surface area contributed by atoms with Gasteiger partial charge in [0.1, 0.15) is 18.1 Å². The molecule has 3 aromatic heterocycles. The summed E-state index contributed by atoms with van der Waals surface area (Å²) >= 11 is 0. The maximum Gasteiger partial charge on any atom is 0.255 e. The smallest absolute Gasteiger partial charge is 0.255 e. The maximum absolute atomic E-state index is 12.0. The van der Waals surface area contributed by atoms with E-state index in [9.17, 15) is 9.59 Å². The van der Waals surface area contributed by atoms with Crippen LogP contribution in [0, 0.1) is 13.8 Å². The largest absolute Gasteiger partial charge is 0.463 e. The summed E-state index contributed by atoms with van der Waals surface area (Å²) in [6.07, 6.45) is 1.52. The second-order valence-electron chi connectivity index (χ2n) is 5.39. The molecule has 0 aliphatic carbocycles. The lowest BCUT2D eigenvalue weighted by atomic mass is 10.3. The third-order valence-electron chi connectivity index (χ3n) is 3.61. The lowest BCUT2D eigenvalue weighted by Gasteiger charge is -2.08. The van der Waals surface area contributed by atoms with Crippen molar-refractivity contribution >= 4 is 11.7 Å². The molecule has 2 N–H and O–H groups in total. The number of methoxy groups -OCH3 is 1. The van der Waals surface area contributed by atoms with Gasteiger partial charge in [-0.1, -0.05) is 0 Å². The molecular weight excluding hydrogens is 326 g/mol. The Morgan fingerprint density at radius 3 is 2.88 bits per heavy atom. The van der Waals surface area contributed by atoms with E-state index >= 15 is 0 Å². The van der Waals surface area contributed by atoms with Gasteiger partial charge >= 0.3 is 0 Å². The van der Waals surface area contributed by atoms with Crippen molar-refractivity contribution in [1.82, 2.24) is 19.7 Å². The normalized spacial score (nSPS) is 10.8. The summed E-state index contributed by atoms with van der Waals surface area (Å²) in [6, 6.07) is 5.10. The number of rotatable bonds is 5. The second-order valence-corrected chi connectivity index (χ2v) is 5.39. The summed E-state index contributed by atoms with van der Waals surface area (Å²) in [6.45, 7) is 3.30. The highest BCUT2D eigenvalue weighted by molar-refractivity contribution is 5.91. The van der Waals surface area contributed by atoms with E-state index in [0.717, 1.165) is 0 Å². The summed E-state index contributed by atoms with van der Waals surface area (Å²) in [4.78, 5) is 30.9. The van der Waals surface area contributed by atoms with Crippen LogP contribution < -0.4 is 10.9 Å². The molecule has 9 nitrogen and oxygen atoms in total. The molecule has 9 heteroatoms. The van der Waals surface area contributed by atoms with Gasteiger partial charge < -0.3 is 14.5 Å². The molecule has 0 bridgehead atoms. The maximum atomic E-state index is 12.0. The van der Waals surface area contributed by atoms with Gasteiger partial charge in [0.2, 0.25) is 5.95 Å². The second kappa shape index (κ2) is 6.73. The van der Waals surface area contributed by atoms with E-state index in [1.165, 1.54) is 18.1 Å². The number of aryl methyl sites for hydroxylation is 1. The molecule has 0 fully saturated rings. The Hall–Kier alpha value is -3.20. The van der Waals surface area contributed by atoms with Crippen LogP contribution in [0.3, 0.4) is 0 Å². The van der Waals surface area contributed by atoms with Crippen molar-refractivity contribution in [3.05, 3.63) is 46.1 Å². The number of H-pyrrole nitrogens is 1. The number of furan rings is 1. The van der Waals surface area contributed by atoms with Crippen LogP contribution in [0.25, 0.3) is 17.4 Å². The topological polar surface area (TPSA) is 115 Å². The van der Waals surface area contributed by atoms with E-state index in [1.807, 2.05) is 0 Å². The van der Waals surface area contributed by atoms with E-state index < -0.39 is 0 Å². The number of anilines is 1. The minimum Gasteiger partial charge on any atom is -0.463 e. The van der Waals surface area contributed by atoms with Crippen LogP contribution >= 0.6 is 0 Å². The standard InChI is InChI=1S/C16H17N5O4/c1-9-10(2)17-16(19-15(9)23)21-13(18-14(22)8-24-3)7-11(20-21)12-5-4-6-25-12/h4-7H,8H2,1-3H3,(H,18,22)(H,17,19,23). The first kappa shape index (κ1) is 16.7. The van der Waals surface area contributed by atoms with E-state index in [4.69, 9.17) is 9.15 Å². The molecule has 3 heterocycles. The van der Waals surface area contributed by atoms with Crippen LogP contribution in [0.2, 0.25) is 0 Å². The first-order valence-corrected chi connectivity index (χ1v) is 7.50. The number of nitrogens with one attached hydrogen (secondary N) is 2. The fourth-order valence-corrected chi connectivity index (χ4v) is 2.22. The van der Waals surface area contributed by atoms with Gasteiger partial charge in [0.05, 0.1) is 6.26 Å². The average Bonchev–Trinajstić information content (AvgIpc) is 3.21. The Morgan fingerprint density at radius 2 is 2.24 bits per heavy atom. The molecule has 0 aromatic carbocycles. The zero-order valence-corrected chi connectivity index (χ0v) is 14.0. The molecule has 0 spiro atoms. The van der Waals surface area contributed by atoms with Crippen molar-refractivity contribution in [3.8, 4) is 17.4 Å². The number of carbonyl (C=O) groups is 1. The fourth-order valence-electron chi connectivity index (χ4n) is 2.22. The minimum absolute atomic E-state index is 0.113. The lowest BCUT2D eigenvalue weighted by molar-refractivity contribution is -0.119. The summed E-state index contributed by atoms with van der Waals surface area (Å²) in [5.41, 5.74) is 1.31. The number of nitrogens with zero attached hydrogens (tertiary/aromatic N) is 3. The molecule has 0 saturated heterocycles. The molecule has 0 saturated carbocycles. The molecule has 0 unspecified atom stereocenters. The first-order valence-electron chi connectivity index (χ1n) is 7.50. The monoisotopic (exact) mass is 343 g/mol. The lowest BCUT2D eigenvalue weighted by Crippen LogP contribution is -2.22. The van der Waals surface area contributed by atoms with Gasteiger partial charge in [-0.15, -0.1) is 0 Å². The Bertz CT molecular complexity index is 956. The van der Waals surface area contributed by atoms with Crippen molar-refractivity contribution in [2.45, 2.75) is 13.8 Å². The Morgan fingerprint density at radius 1 is 1.44 bits per heavy atom. The third kappa shape index (κ3) is 3.36. The number of ether oxygens (including phenoxy) is 1. The number of carbonyl (C=O) groups excluding carboxylic acids is 1. The molecule has 0 aliphatic heterocycles. The van der Waals surface area contributed by atoms with Crippen LogP contribution in [-0.4, -0.2) is 39.4 Å². The Labute approximate surface area is 142 Å². The van der Waals surface area contributed by atoms with E-state index in [0.29, 0.717) is 28.5 Å². The van der Waals surface area contributed by atoms with Crippen molar-refractivity contribution in [1.29, 1.82) is 0 Å². The number of amides is 1. The highest BCUT2D eigenvalue weighted by atomic mass is 16.5. The van der Waals surface area contributed by atoms with Crippen LogP contribution in [0.15, 0.2) is 33.7 Å². The van der Waals surface area contributed by atoms with Gasteiger partial charge in [-0.2, -0.15) is 9.78 Å². The van der Waals surface area contributed by atoms with Gasteiger partial charge in [0, 0.05) is 24.4 Å². The van der Waals surface area contributed by atoms with Gasteiger partial charge in [0.15, 0.2) is 5.76 Å². The SMILES string of the molecule is COCC(=O)Nc1cc(-c2ccco2)nn1-c1nc(C)c(C)c(=O)[nH]1. The molecule has 3 aromatic rings. The highest BCUT2D eigenvalue weighted by Gasteiger charge is 2.17. The van der Waals surface area contributed by atoms with E-state index in [1.54, 1.807) is 32.0 Å². The number of hydrogen-bond acceptors (Lipinski definition) is 6. The van der Waals surface area contributed by atoms with Gasteiger partial charge in [-0.05, 0) is 26.0 Å². The average molecular weight is 343 g/mol. The van der Waals surface area contributed by atoms with Crippen molar-refractivity contribution in [3.63, 3.8) is 0 Å². The van der Waals surface area contributed by atoms with Crippen molar-refractivity contribution in [2.24, 2.45) is 0 Å². The summed E-state index contributed by atoms with van der Waals surface area (Å²) in [5.74, 6) is 0.687. The van der Waals surface area contributed by atoms with Gasteiger partial charge in [0.25, 0.3) is 11.5 Å². The highest BCUT2D eigenvalue weighted by Crippen LogP contribution is 2.24. The predicted molar refractivity (Wildman–Crippen MR) is 89.7 cm³/mol. The molecule has 130 valence electrons. The fraction of sp³-hybridized carbons (Fsp3) is 0.250. The number of hydrogen-bond donors (Lipinski definition) is 2. The van der Waals surface area contributed by atoms with Crippen LogP contribution in [0.4, 0.5) is 5.82 Å². The molecule has 25 heavy (non-hydrogen) atoms. The first-order chi connectivity index (χ1) is 12.0. The van der Waals surface area contributed by atoms with E-state index in [-0.39, 0.29) is 24.0 Å². The minimum atomic E-state index is -0.360. The quantitative estimate of drug-likeness (QED) is 0.724. The number of aromatic amines is 1. The molecule has 1 amide bonds. The summed E-state index contributed by atoms with van der Waals surface area (Å²) in [7, 11) is 1.42. The zero-order valence-electron chi connectivity index (χ0n) is 14.0. The van der Waals surface area contributed by atoms with Crippen LogP contribution in [-0.2, 0) is 9.53 Å². The van der Waals surface area contributed by atoms with E-state index in [2.05, 4.69) is 20.4 Å². The molecule has 0 aliphatic rings. The molecule has 3 rings (SSSR count). The van der Waals surface area contributed by atoms with Crippen molar-refractivity contribution < 1.29 is 13.9 Å². The molecule has 0 atom stereocenters. The third-order valence-corrected chi connectivity index (χ3v) is 3.61.